The Morgan fingerprint density at radius 1 is 1.09 bits per heavy atom. The molecule has 0 spiro atoms. The molecule has 0 unspecified atom stereocenters. The molecule has 0 saturated carbocycles. The summed E-state index contributed by atoms with van der Waals surface area (Å²) >= 11 is 0. The van der Waals surface area contributed by atoms with Gasteiger partial charge in [-0.2, -0.15) is 0 Å². The molecule has 3 rings (SSSR count). The average molecular weight is 307 g/mol. The van der Waals surface area contributed by atoms with E-state index in [2.05, 4.69) is 17.2 Å². The van der Waals surface area contributed by atoms with Crippen molar-refractivity contribution in [3.63, 3.8) is 0 Å². The number of rotatable bonds is 6. The van der Waals surface area contributed by atoms with E-state index in [4.69, 9.17) is 4.74 Å². The molecule has 0 aliphatic rings. The summed E-state index contributed by atoms with van der Waals surface area (Å²) in [6.45, 7) is 2.31. The van der Waals surface area contributed by atoms with E-state index >= 15 is 0 Å². The van der Waals surface area contributed by atoms with E-state index in [0.717, 1.165) is 23.4 Å². The quantitative estimate of drug-likeness (QED) is 0.656. The van der Waals surface area contributed by atoms with Crippen LogP contribution < -0.4 is 4.74 Å². The van der Waals surface area contributed by atoms with E-state index in [-0.39, 0.29) is 6.61 Å². The third-order valence-corrected chi connectivity index (χ3v) is 3.62. The fraction of sp³-hybridized carbons (Fsp3) is 0.167. The number of aromatic nitrogens is 3. The van der Waals surface area contributed by atoms with Crippen LogP contribution in [0.5, 0.6) is 5.75 Å². The number of aryl methyl sites for hydroxylation is 1. The molecule has 1 heterocycles. The monoisotopic (exact) mass is 307 g/mol. The Morgan fingerprint density at radius 2 is 1.83 bits per heavy atom. The zero-order valence-electron chi connectivity index (χ0n) is 12.8. The smallest absolute Gasteiger partial charge is 0.172 e. The molecule has 0 fully saturated rings. The zero-order chi connectivity index (χ0) is 16.1. The summed E-state index contributed by atoms with van der Waals surface area (Å²) in [6, 6.07) is 17.4. The normalized spacial score (nSPS) is 10.5. The van der Waals surface area contributed by atoms with Gasteiger partial charge >= 0.3 is 0 Å². The molecular weight excluding hydrogens is 290 g/mol. The largest absolute Gasteiger partial charge is 0.487 e. The van der Waals surface area contributed by atoms with Gasteiger partial charge < -0.3 is 4.74 Å². The highest BCUT2D eigenvalue weighted by atomic mass is 16.5. The number of carbonyl (C=O) groups is 1. The predicted molar refractivity (Wildman–Crippen MR) is 86.9 cm³/mol. The first kappa shape index (κ1) is 15.0. The van der Waals surface area contributed by atoms with Crippen LogP contribution in [0.1, 0.15) is 28.7 Å². The Kier molecular flexibility index (Phi) is 4.47. The SMILES string of the molecule is CCc1ccccc1-n1nnc(C=O)c1COc1ccccc1. The van der Waals surface area contributed by atoms with Gasteiger partial charge in [-0.05, 0) is 30.2 Å². The van der Waals surface area contributed by atoms with E-state index in [1.807, 2.05) is 54.6 Å². The van der Waals surface area contributed by atoms with Crippen LogP contribution >= 0.6 is 0 Å². The van der Waals surface area contributed by atoms with Gasteiger partial charge in [0.25, 0.3) is 0 Å². The highest BCUT2D eigenvalue weighted by molar-refractivity contribution is 5.73. The molecule has 0 aliphatic heterocycles. The maximum atomic E-state index is 11.3. The Morgan fingerprint density at radius 3 is 2.57 bits per heavy atom. The summed E-state index contributed by atoms with van der Waals surface area (Å²) in [4.78, 5) is 11.3. The second kappa shape index (κ2) is 6.87. The molecule has 0 amide bonds. The van der Waals surface area contributed by atoms with Crippen molar-refractivity contribution in [2.75, 3.05) is 0 Å². The molecule has 0 aliphatic carbocycles. The summed E-state index contributed by atoms with van der Waals surface area (Å²) in [6.07, 6.45) is 1.58. The second-order valence-corrected chi connectivity index (χ2v) is 5.04. The summed E-state index contributed by atoms with van der Waals surface area (Å²) in [5, 5.41) is 8.10. The molecule has 0 bridgehead atoms. The van der Waals surface area contributed by atoms with Crippen LogP contribution in [-0.2, 0) is 13.0 Å². The van der Waals surface area contributed by atoms with Crippen LogP contribution in [0.15, 0.2) is 54.6 Å². The third-order valence-electron chi connectivity index (χ3n) is 3.62. The van der Waals surface area contributed by atoms with Crippen LogP contribution in [-0.4, -0.2) is 21.3 Å². The van der Waals surface area contributed by atoms with Crippen molar-refractivity contribution in [2.24, 2.45) is 0 Å². The Bertz CT molecular complexity index is 797. The minimum absolute atomic E-state index is 0.225. The van der Waals surface area contributed by atoms with Gasteiger partial charge in [-0.25, -0.2) is 4.68 Å². The molecule has 5 heteroatoms. The van der Waals surface area contributed by atoms with Crippen molar-refractivity contribution in [3.05, 3.63) is 71.5 Å². The lowest BCUT2D eigenvalue weighted by atomic mass is 10.1. The maximum absolute atomic E-state index is 11.3. The number of aldehydes is 1. The number of para-hydroxylation sites is 2. The van der Waals surface area contributed by atoms with Gasteiger partial charge in [0.05, 0.1) is 5.69 Å². The first-order chi connectivity index (χ1) is 11.3. The summed E-state index contributed by atoms with van der Waals surface area (Å²) in [5.74, 6) is 0.737. The van der Waals surface area contributed by atoms with E-state index in [0.29, 0.717) is 17.7 Å². The molecule has 23 heavy (non-hydrogen) atoms. The standard InChI is InChI=1S/C18H17N3O2/c1-2-14-8-6-7-11-17(14)21-18(16(12-22)19-20-21)13-23-15-9-4-3-5-10-15/h3-12H,2,13H2,1H3. The van der Waals surface area contributed by atoms with Gasteiger partial charge in [0.15, 0.2) is 12.0 Å². The summed E-state index contributed by atoms with van der Waals surface area (Å²) in [5.41, 5.74) is 3.00. The number of hydrogen-bond donors (Lipinski definition) is 0. The second-order valence-electron chi connectivity index (χ2n) is 5.04. The van der Waals surface area contributed by atoms with Crippen molar-refractivity contribution >= 4 is 6.29 Å². The number of benzene rings is 2. The lowest BCUT2D eigenvalue weighted by Gasteiger charge is -2.11. The Hall–Kier alpha value is -2.95. The van der Waals surface area contributed by atoms with Crippen LogP contribution in [0.2, 0.25) is 0 Å². The Labute approximate surface area is 134 Å². The molecule has 0 radical (unpaired) electrons. The number of ether oxygens (including phenoxy) is 1. The number of carbonyl (C=O) groups excluding carboxylic acids is 1. The van der Waals surface area contributed by atoms with E-state index < -0.39 is 0 Å². The molecule has 0 atom stereocenters. The van der Waals surface area contributed by atoms with Crippen LogP contribution in [0.4, 0.5) is 0 Å². The fourth-order valence-corrected chi connectivity index (χ4v) is 2.42. The molecule has 0 saturated heterocycles. The first-order valence-corrected chi connectivity index (χ1v) is 7.49. The highest BCUT2D eigenvalue weighted by Crippen LogP contribution is 2.19. The van der Waals surface area contributed by atoms with Crippen molar-refractivity contribution in [3.8, 4) is 11.4 Å². The molecule has 2 aromatic carbocycles. The first-order valence-electron chi connectivity index (χ1n) is 7.49. The minimum Gasteiger partial charge on any atom is -0.487 e. The fourth-order valence-electron chi connectivity index (χ4n) is 2.42. The van der Waals surface area contributed by atoms with Gasteiger partial charge in [-0.3, -0.25) is 4.79 Å². The lowest BCUT2D eigenvalue weighted by molar-refractivity contribution is 0.111. The highest BCUT2D eigenvalue weighted by Gasteiger charge is 2.16. The van der Waals surface area contributed by atoms with Crippen LogP contribution in [0.25, 0.3) is 5.69 Å². The van der Waals surface area contributed by atoms with E-state index in [1.165, 1.54) is 0 Å². The van der Waals surface area contributed by atoms with Gasteiger partial charge in [0.1, 0.15) is 18.1 Å². The summed E-state index contributed by atoms with van der Waals surface area (Å²) in [7, 11) is 0. The summed E-state index contributed by atoms with van der Waals surface area (Å²) < 4.78 is 7.45. The minimum atomic E-state index is 0.225. The van der Waals surface area contributed by atoms with Gasteiger partial charge in [-0.15, -0.1) is 5.10 Å². The lowest BCUT2D eigenvalue weighted by Crippen LogP contribution is -2.09. The Balaban J connectivity index is 1.96. The van der Waals surface area contributed by atoms with Crippen molar-refractivity contribution in [1.29, 1.82) is 0 Å². The molecule has 3 aromatic rings. The molecule has 0 N–H and O–H groups in total. The van der Waals surface area contributed by atoms with Gasteiger partial charge in [-0.1, -0.05) is 48.5 Å². The molecule has 116 valence electrons. The van der Waals surface area contributed by atoms with E-state index in [9.17, 15) is 4.79 Å². The average Bonchev–Trinajstić information content (AvgIpc) is 3.03. The van der Waals surface area contributed by atoms with Crippen molar-refractivity contribution in [1.82, 2.24) is 15.0 Å². The van der Waals surface area contributed by atoms with E-state index in [1.54, 1.807) is 4.68 Å². The molecule has 5 nitrogen and oxygen atoms in total. The topological polar surface area (TPSA) is 57.0 Å². The third kappa shape index (κ3) is 3.13. The maximum Gasteiger partial charge on any atom is 0.172 e. The van der Waals surface area contributed by atoms with Crippen molar-refractivity contribution in [2.45, 2.75) is 20.0 Å². The molecule has 1 aromatic heterocycles. The zero-order valence-corrected chi connectivity index (χ0v) is 12.8. The predicted octanol–water partition coefficient (Wildman–Crippen LogP) is 3.22. The van der Waals surface area contributed by atoms with Gasteiger partial charge in [0, 0.05) is 0 Å². The van der Waals surface area contributed by atoms with Crippen LogP contribution in [0, 0.1) is 0 Å². The van der Waals surface area contributed by atoms with Crippen LogP contribution in [0.3, 0.4) is 0 Å². The molecular formula is C18H17N3O2. The number of hydrogen-bond acceptors (Lipinski definition) is 4. The van der Waals surface area contributed by atoms with Crippen molar-refractivity contribution < 1.29 is 9.53 Å². The van der Waals surface area contributed by atoms with Gasteiger partial charge in [0.2, 0.25) is 0 Å². The number of nitrogens with zero attached hydrogens (tertiary/aromatic N) is 3.